The highest BCUT2D eigenvalue weighted by Gasteiger charge is 2.34. The highest BCUT2D eigenvalue weighted by Crippen LogP contribution is 2.31. The Morgan fingerprint density at radius 2 is 2.20 bits per heavy atom. The molecule has 1 fully saturated rings. The molecular weight excluding hydrogens is 359 g/mol. The standard InChI is InChI=1S/C15H14F3N3O3S/c1-8-4-10(24-9-2-3-23-6-9)5-11(19-8)13(22)21-14-20-12(7-25-14)15(16,17)18/h4-5,7,9H,2-3,6H2,1H3,(H,20,21,22). The molecule has 0 spiro atoms. The number of hydrogen-bond donors (Lipinski definition) is 1. The number of nitrogens with zero attached hydrogens (tertiary/aromatic N) is 2. The summed E-state index contributed by atoms with van der Waals surface area (Å²) in [5.74, 6) is -0.192. The van der Waals surface area contributed by atoms with Crippen molar-refractivity contribution in [3.05, 3.63) is 34.6 Å². The first-order chi connectivity index (χ1) is 11.8. The van der Waals surface area contributed by atoms with E-state index in [2.05, 4.69) is 15.3 Å². The van der Waals surface area contributed by atoms with Gasteiger partial charge in [0.1, 0.15) is 17.5 Å². The monoisotopic (exact) mass is 373 g/mol. The molecule has 2 aromatic rings. The number of hydrogen-bond acceptors (Lipinski definition) is 6. The number of aromatic nitrogens is 2. The Bertz CT molecular complexity index is 773. The molecule has 1 unspecified atom stereocenters. The Morgan fingerprint density at radius 1 is 1.40 bits per heavy atom. The first-order valence-electron chi connectivity index (χ1n) is 7.38. The maximum absolute atomic E-state index is 12.6. The minimum atomic E-state index is -4.55. The van der Waals surface area contributed by atoms with E-state index in [4.69, 9.17) is 9.47 Å². The van der Waals surface area contributed by atoms with Crippen LogP contribution < -0.4 is 10.1 Å². The van der Waals surface area contributed by atoms with Gasteiger partial charge in [0, 0.05) is 29.6 Å². The number of halogens is 3. The fourth-order valence-corrected chi connectivity index (χ4v) is 2.95. The summed E-state index contributed by atoms with van der Waals surface area (Å²) in [6.45, 7) is 2.79. The molecule has 10 heteroatoms. The third kappa shape index (κ3) is 4.45. The van der Waals surface area contributed by atoms with Crippen LogP contribution >= 0.6 is 11.3 Å². The Kier molecular flexibility index (Phi) is 4.91. The first-order valence-corrected chi connectivity index (χ1v) is 8.26. The van der Waals surface area contributed by atoms with Gasteiger partial charge in [-0.1, -0.05) is 0 Å². The van der Waals surface area contributed by atoms with Gasteiger partial charge in [-0.25, -0.2) is 9.97 Å². The van der Waals surface area contributed by atoms with E-state index in [1.54, 1.807) is 13.0 Å². The number of anilines is 1. The fourth-order valence-electron chi connectivity index (χ4n) is 2.24. The molecule has 1 aliphatic rings. The summed E-state index contributed by atoms with van der Waals surface area (Å²) in [7, 11) is 0. The third-order valence-corrected chi connectivity index (χ3v) is 4.12. The van der Waals surface area contributed by atoms with Crippen molar-refractivity contribution in [2.24, 2.45) is 0 Å². The quantitative estimate of drug-likeness (QED) is 0.890. The van der Waals surface area contributed by atoms with Crippen molar-refractivity contribution in [2.75, 3.05) is 18.5 Å². The van der Waals surface area contributed by atoms with Gasteiger partial charge in [-0.2, -0.15) is 13.2 Å². The number of pyridine rings is 1. The number of alkyl halides is 3. The average Bonchev–Trinajstić information content (AvgIpc) is 3.17. The van der Waals surface area contributed by atoms with Gasteiger partial charge in [-0.05, 0) is 6.92 Å². The fraction of sp³-hybridized carbons (Fsp3) is 0.400. The molecule has 2 aromatic heterocycles. The minimum Gasteiger partial charge on any atom is -0.488 e. The van der Waals surface area contributed by atoms with Crippen molar-refractivity contribution >= 4 is 22.4 Å². The Labute approximate surface area is 145 Å². The zero-order chi connectivity index (χ0) is 18.0. The molecule has 0 saturated carbocycles. The molecule has 1 saturated heterocycles. The molecule has 25 heavy (non-hydrogen) atoms. The molecular formula is C15H14F3N3O3S. The maximum atomic E-state index is 12.6. The summed E-state index contributed by atoms with van der Waals surface area (Å²) < 4.78 is 48.6. The number of ether oxygens (including phenoxy) is 2. The second-order valence-corrected chi connectivity index (χ2v) is 6.28. The predicted molar refractivity (Wildman–Crippen MR) is 83.9 cm³/mol. The van der Waals surface area contributed by atoms with Crippen LogP contribution in [0.3, 0.4) is 0 Å². The summed E-state index contributed by atoms with van der Waals surface area (Å²) >= 11 is 0.695. The van der Waals surface area contributed by atoms with Crippen LogP contribution in [0.5, 0.6) is 5.75 Å². The molecule has 3 heterocycles. The van der Waals surface area contributed by atoms with Gasteiger partial charge in [0.25, 0.3) is 5.91 Å². The van der Waals surface area contributed by atoms with Crippen molar-refractivity contribution in [3.63, 3.8) is 0 Å². The van der Waals surface area contributed by atoms with Crippen LogP contribution in [0.1, 0.15) is 28.3 Å². The van der Waals surface area contributed by atoms with Gasteiger partial charge in [0.15, 0.2) is 10.8 Å². The molecule has 0 bridgehead atoms. The van der Waals surface area contributed by atoms with Crippen molar-refractivity contribution in [3.8, 4) is 5.75 Å². The molecule has 134 valence electrons. The van der Waals surface area contributed by atoms with E-state index < -0.39 is 17.8 Å². The van der Waals surface area contributed by atoms with E-state index in [9.17, 15) is 18.0 Å². The van der Waals surface area contributed by atoms with Crippen LogP contribution in [-0.4, -0.2) is 35.2 Å². The minimum absolute atomic E-state index is 0.0395. The SMILES string of the molecule is Cc1cc(OC2CCOC2)cc(C(=O)Nc2nc(C(F)(F)F)cs2)n1. The number of thiazole rings is 1. The Morgan fingerprint density at radius 3 is 2.84 bits per heavy atom. The Hall–Kier alpha value is -2.20. The average molecular weight is 373 g/mol. The van der Waals surface area contributed by atoms with E-state index >= 15 is 0 Å². The molecule has 0 aromatic carbocycles. The summed E-state index contributed by atoms with van der Waals surface area (Å²) in [5, 5.41) is 3.02. The number of rotatable bonds is 4. The van der Waals surface area contributed by atoms with Crippen molar-refractivity contribution in [1.29, 1.82) is 0 Å². The van der Waals surface area contributed by atoms with Crippen molar-refractivity contribution in [2.45, 2.75) is 25.6 Å². The largest absolute Gasteiger partial charge is 0.488 e. The highest BCUT2D eigenvalue weighted by molar-refractivity contribution is 7.14. The lowest BCUT2D eigenvalue weighted by molar-refractivity contribution is -0.140. The van der Waals surface area contributed by atoms with E-state index in [0.717, 1.165) is 11.8 Å². The van der Waals surface area contributed by atoms with Crippen LogP contribution in [0.2, 0.25) is 0 Å². The molecule has 1 atom stereocenters. The second kappa shape index (κ2) is 6.96. The van der Waals surface area contributed by atoms with E-state index in [0.29, 0.717) is 36.0 Å². The van der Waals surface area contributed by atoms with Gasteiger partial charge < -0.3 is 9.47 Å². The van der Waals surface area contributed by atoms with Crippen LogP contribution in [0.4, 0.5) is 18.3 Å². The molecule has 0 radical (unpaired) electrons. The zero-order valence-corrected chi connectivity index (χ0v) is 13.9. The van der Waals surface area contributed by atoms with Crippen molar-refractivity contribution in [1.82, 2.24) is 9.97 Å². The maximum Gasteiger partial charge on any atom is 0.434 e. The number of nitrogens with one attached hydrogen (secondary N) is 1. The van der Waals surface area contributed by atoms with Gasteiger partial charge in [0.2, 0.25) is 0 Å². The Balaban J connectivity index is 1.73. The highest BCUT2D eigenvalue weighted by atomic mass is 32.1. The van der Waals surface area contributed by atoms with E-state index in [1.807, 2.05) is 0 Å². The van der Waals surface area contributed by atoms with Gasteiger partial charge in [-0.15, -0.1) is 11.3 Å². The molecule has 3 rings (SSSR count). The third-order valence-electron chi connectivity index (χ3n) is 3.37. The lowest BCUT2D eigenvalue weighted by atomic mass is 10.2. The van der Waals surface area contributed by atoms with Crippen molar-refractivity contribution < 1.29 is 27.4 Å². The van der Waals surface area contributed by atoms with Crippen LogP contribution in [0.25, 0.3) is 0 Å². The summed E-state index contributed by atoms with van der Waals surface area (Å²) in [6.07, 6.45) is -3.89. The van der Waals surface area contributed by atoms with E-state index in [1.165, 1.54) is 6.07 Å². The predicted octanol–water partition coefficient (Wildman–Crippen LogP) is 3.29. The van der Waals surface area contributed by atoms with Crippen LogP contribution in [-0.2, 0) is 10.9 Å². The van der Waals surface area contributed by atoms with Gasteiger partial charge in [0.05, 0.1) is 13.2 Å². The molecule has 1 amide bonds. The molecule has 1 aliphatic heterocycles. The zero-order valence-electron chi connectivity index (χ0n) is 13.1. The second-order valence-electron chi connectivity index (χ2n) is 5.42. The van der Waals surface area contributed by atoms with Gasteiger partial charge in [-0.3, -0.25) is 10.1 Å². The first kappa shape index (κ1) is 17.6. The number of aryl methyl sites for hydroxylation is 1. The van der Waals surface area contributed by atoms with E-state index in [-0.39, 0.29) is 16.9 Å². The lowest BCUT2D eigenvalue weighted by Crippen LogP contribution is -2.18. The summed E-state index contributed by atoms with van der Waals surface area (Å²) in [5.41, 5.74) is -0.454. The number of carbonyl (C=O) groups excluding carboxylic acids is 1. The smallest absolute Gasteiger partial charge is 0.434 e. The molecule has 1 N–H and O–H groups in total. The molecule has 6 nitrogen and oxygen atoms in total. The summed E-state index contributed by atoms with van der Waals surface area (Å²) in [4.78, 5) is 19.7. The normalized spacial score (nSPS) is 17.5. The number of amides is 1. The summed E-state index contributed by atoms with van der Waals surface area (Å²) in [6, 6.07) is 3.12. The van der Waals surface area contributed by atoms with Crippen LogP contribution in [0, 0.1) is 6.92 Å². The molecule has 0 aliphatic carbocycles. The number of carbonyl (C=O) groups is 1. The topological polar surface area (TPSA) is 73.3 Å². The van der Waals surface area contributed by atoms with Crippen LogP contribution in [0.15, 0.2) is 17.5 Å². The van der Waals surface area contributed by atoms with Gasteiger partial charge >= 0.3 is 6.18 Å². The lowest BCUT2D eigenvalue weighted by Gasteiger charge is -2.13.